The first kappa shape index (κ1) is 24.5. The number of sulfone groups is 1. The second-order valence-corrected chi connectivity index (χ2v) is 10.2. The van der Waals surface area contributed by atoms with Crippen molar-refractivity contribution in [3.8, 4) is 0 Å². The highest BCUT2D eigenvalue weighted by atomic mass is 35.5. The Balaban J connectivity index is 2.03. The number of carbonyl (C=O) groups excluding carboxylic acids is 2. The monoisotopic (exact) mass is 484 g/mol. The Kier molecular flexibility index (Phi) is 7.56. The molecule has 33 heavy (non-hydrogen) atoms. The second-order valence-electron chi connectivity index (χ2n) is 7.82. The maximum atomic E-state index is 13.6. The molecule has 1 unspecified atom stereocenters. The molecule has 0 aromatic heterocycles. The summed E-state index contributed by atoms with van der Waals surface area (Å²) in [5, 5.41) is 2.83. The van der Waals surface area contributed by atoms with Crippen LogP contribution in [0.4, 0.5) is 5.69 Å². The van der Waals surface area contributed by atoms with Crippen molar-refractivity contribution >= 4 is 38.9 Å². The highest BCUT2D eigenvalue weighted by Gasteiger charge is 2.25. The van der Waals surface area contributed by atoms with Crippen LogP contribution in [0.2, 0.25) is 5.02 Å². The van der Waals surface area contributed by atoms with Crippen LogP contribution in [-0.4, -0.2) is 31.4 Å². The lowest BCUT2D eigenvalue weighted by Crippen LogP contribution is -2.33. The van der Waals surface area contributed by atoms with Crippen LogP contribution in [0, 0.1) is 0 Å². The molecule has 2 amide bonds. The van der Waals surface area contributed by atoms with Gasteiger partial charge in [0.1, 0.15) is 0 Å². The maximum Gasteiger partial charge on any atom is 0.254 e. The molecule has 0 aliphatic carbocycles. The number of carbonyl (C=O) groups is 2. The third kappa shape index (κ3) is 6.21. The van der Waals surface area contributed by atoms with E-state index in [-0.39, 0.29) is 33.3 Å². The van der Waals surface area contributed by atoms with Gasteiger partial charge in [0.15, 0.2) is 9.84 Å². The SMILES string of the molecule is CC(=O)Nc1cccc(C(C)N(Cc2ccccc2)C(=O)c2ccc(Cl)c(S(C)(=O)=O)c2)c1. The molecule has 0 bridgehead atoms. The Morgan fingerprint density at radius 2 is 1.70 bits per heavy atom. The first-order valence-electron chi connectivity index (χ1n) is 10.3. The highest BCUT2D eigenvalue weighted by Crippen LogP contribution is 2.29. The van der Waals surface area contributed by atoms with Gasteiger partial charge in [-0.3, -0.25) is 9.59 Å². The van der Waals surface area contributed by atoms with Crippen LogP contribution in [0.15, 0.2) is 77.7 Å². The predicted molar refractivity (Wildman–Crippen MR) is 130 cm³/mol. The van der Waals surface area contributed by atoms with Gasteiger partial charge in [0.25, 0.3) is 5.91 Å². The first-order valence-corrected chi connectivity index (χ1v) is 12.6. The summed E-state index contributed by atoms with van der Waals surface area (Å²) >= 11 is 6.07. The molecule has 0 aliphatic heterocycles. The highest BCUT2D eigenvalue weighted by molar-refractivity contribution is 7.90. The largest absolute Gasteiger partial charge is 0.328 e. The molecule has 172 valence electrons. The quantitative estimate of drug-likeness (QED) is 0.505. The zero-order chi connectivity index (χ0) is 24.2. The topological polar surface area (TPSA) is 83.6 Å². The third-order valence-electron chi connectivity index (χ3n) is 5.19. The van der Waals surface area contributed by atoms with Crippen LogP contribution in [-0.2, 0) is 21.2 Å². The molecular weight excluding hydrogens is 460 g/mol. The minimum absolute atomic E-state index is 0.0692. The van der Waals surface area contributed by atoms with E-state index >= 15 is 0 Å². The van der Waals surface area contributed by atoms with E-state index in [0.29, 0.717) is 12.2 Å². The van der Waals surface area contributed by atoms with Crippen molar-refractivity contribution < 1.29 is 18.0 Å². The standard InChI is InChI=1S/C25H25ClN2O4S/c1-17(20-10-7-11-22(14-20)27-18(2)29)28(16-19-8-5-4-6-9-19)25(30)21-12-13-23(26)24(15-21)33(3,31)32/h4-15,17H,16H2,1-3H3,(H,27,29). The third-order valence-corrected chi connectivity index (χ3v) is 6.77. The predicted octanol–water partition coefficient (Wildman–Crippen LogP) is 5.11. The van der Waals surface area contributed by atoms with Gasteiger partial charge in [-0.15, -0.1) is 0 Å². The smallest absolute Gasteiger partial charge is 0.254 e. The van der Waals surface area contributed by atoms with Crippen LogP contribution in [0.3, 0.4) is 0 Å². The molecule has 0 saturated heterocycles. The summed E-state index contributed by atoms with van der Waals surface area (Å²) in [6, 6.07) is 20.7. The summed E-state index contributed by atoms with van der Waals surface area (Å²) in [6.07, 6.45) is 1.06. The number of hydrogen-bond donors (Lipinski definition) is 1. The summed E-state index contributed by atoms with van der Waals surface area (Å²) in [4.78, 5) is 26.7. The van der Waals surface area contributed by atoms with E-state index in [2.05, 4.69) is 5.32 Å². The number of hydrogen-bond acceptors (Lipinski definition) is 4. The van der Waals surface area contributed by atoms with Crippen LogP contribution in [0.5, 0.6) is 0 Å². The Hall–Kier alpha value is -3.16. The van der Waals surface area contributed by atoms with Gasteiger partial charge in [-0.1, -0.05) is 54.1 Å². The molecule has 0 saturated carbocycles. The molecule has 0 aliphatic rings. The summed E-state index contributed by atoms with van der Waals surface area (Å²) in [5.41, 5.74) is 2.60. The van der Waals surface area contributed by atoms with Gasteiger partial charge in [-0.25, -0.2) is 8.42 Å². The van der Waals surface area contributed by atoms with E-state index in [1.807, 2.05) is 55.5 Å². The first-order chi connectivity index (χ1) is 15.6. The van der Waals surface area contributed by atoms with Crippen molar-refractivity contribution in [3.05, 3.63) is 94.5 Å². The number of halogens is 1. The molecule has 0 heterocycles. The fourth-order valence-electron chi connectivity index (χ4n) is 3.51. The van der Waals surface area contributed by atoms with Gasteiger partial charge >= 0.3 is 0 Å². The van der Waals surface area contributed by atoms with Crippen molar-refractivity contribution in [1.82, 2.24) is 4.90 Å². The minimum Gasteiger partial charge on any atom is -0.328 e. The van der Waals surface area contributed by atoms with Gasteiger partial charge in [0.2, 0.25) is 5.91 Å². The van der Waals surface area contributed by atoms with Crippen LogP contribution in [0.25, 0.3) is 0 Å². The van der Waals surface area contributed by atoms with Crippen molar-refractivity contribution in [2.45, 2.75) is 31.3 Å². The number of anilines is 1. The number of benzene rings is 3. The summed E-state index contributed by atoms with van der Waals surface area (Å²) in [5.74, 6) is -0.524. The number of amides is 2. The fraction of sp³-hybridized carbons (Fsp3) is 0.200. The van der Waals surface area contributed by atoms with Crippen molar-refractivity contribution in [3.63, 3.8) is 0 Å². The van der Waals surface area contributed by atoms with Crippen molar-refractivity contribution in [2.24, 2.45) is 0 Å². The van der Waals surface area contributed by atoms with Crippen molar-refractivity contribution in [1.29, 1.82) is 0 Å². The van der Waals surface area contributed by atoms with E-state index in [0.717, 1.165) is 17.4 Å². The Bertz CT molecular complexity index is 1280. The summed E-state index contributed by atoms with van der Waals surface area (Å²) < 4.78 is 24.3. The maximum absolute atomic E-state index is 13.6. The lowest BCUT2D eigenvalue weighted by molar-refractivity contribution is -0.114. The summed E-state index contributed by atoms with van der Waals surface area (Å²) in [7, 11) is -3.61. The zero-order valence-corrected chi connectivity index (χ0v) is 20.2. The second kappa shape index (κ2) is 10.2. The lowest BCUT2D eigenvalue weighted by Gasteiger charge is -2.30. The fourth-order valence-corrected chi connectivity index (χ4v) is 4.81. The van der Waals surface area contributed by atoms with Gasteiger partial charge in [0.05, 0.1) is 16.0 Å². The molecule has 0 radical (unpaired) electrons. The Morgan fingerprint density at radius 1 is 1.00 bits per heavy atom. The Labute approximate surface area is 199 Å². The molecule has 3 aromatic carbocycles. The number of nitrogens with zero attached hydrogens (tertiary/aromatic N) is 1. The van der Waals surface area contributed by atoms with Gasteiger partial charge in [0, 0.05) is 31.0 Å². The molecule has 8 heteroatoms. The van der Waals surface area contributed by atoms with E-state index < -0.39 is 9.84 Å². The Morgan fingerprint density at radius 3 is 2.33 bits per heavy atom. The zero-order valence-electron chi connectivity index (χ0n) is 18.6. The van der Waals surface area contributed by atoms with Gasteiger partial charge < -0.3 is 10.2 Å². The van der Waals surface area contributed by atoms with E-state index in [1.165, 1.54) is 25.1 Å². The molecule has 3 aromatic rings. The summed E-state index contributed by atoms with van der Waals surface area (Å²) in [6.45, 7) is 3.63. The molecule has 0 spiro atoms. The van der Waals surface area contributed by atoms with Crippen molar-refractivity contribution in [2.75, 3.05) is 11.6 Å². The molecule has 1 N–H and O–H groups in total. The van der Waals surface area contributed by atoms with Gasteiger partial charge in [-0.05, 0) is 48.4 Å². The lowest BCUT2D eigenvalue weighted by atomic mass is 10.0. The van der Waals surface area contributed by atoms with Crippen LogP contribution >= 0.6 is 11.6 Å². The van der Waals surface area contributed by atoms with E-state index in [9.17, 15) is 18.0 Å². The molecular formula is C25H25ClN2O4S. The van der Waals surface area contributed by atoms with Crippen LogP contribution in [0.1, 0.15) is 41.4 Å². The number of nitrogens with one attached hydrogen (secondary N) is 1. The molecule has 3 rings (SSSR count). The van der Waals surface area contributed by atoms with E-state index in [4.69, 9.17) is 11.6 Å². The average molecular weight is 485 g/mol. The minimum atomic E-state index is -3.61. The molecule has 6 nitrogen and oxygen atoms in total. The molecule has 0 fully saturated rings. The molecule has 1 atom stereocenters. The van der Waals surface area contributed by atoms with Gasteiger partial charge in [-0.2, -0.15) is 0 Å². The number of rotatable bonds is 7. The normalized spacial score (nSPS) is 12.1. The van der Waals surface area contributed by atoms with E-state index in [1.54, 1.807) is 11.0 Å². The van der Waals surface area contributed by atoms with Crippen LogP contribution < -0.4 is 5.32 Å². The average Bonchev–Trinajstić information content (AvgIpc) is 2.76.